The van der Waals surface area contributed by atoms with Crippen LogP contribution in [0.5, 0.6) is 0 Å². The molecular formula is C14H17N3O2S. The third-order valence-electron chi connectivity index (χ3n) is 2.62. The molecule has 5 nitrogen and oxygen atoms in total. The van der Waals surface area contributed by atoms with E-state index in [2.05, 4.69) is 15.5 Å². The maximum Gasteiger partial charge on any atom is 0.277 e. The standard InChI is InChI=1S/C14H17N3O2S/c1-3-9-15-12(18)10(2)20-14-17-16-13(19-14)11-7-5-4-6-8-11/h4-8,10H,3,9H2,1-2H3,(H,15,18)/t10-/m0/s1. The summed E-state index contributed by atoms with van der Waals surface area (Å²) in [6.45, 7) is 4.52. The molecule has 0 bridgehead atoms. The highest BCUT2D eigenvalue weighted by molar-refractivity contribution is 8.00. The molecule has 0 unspecified atom stereocenters. The van der Waals surface area contributed by atoms with Crippen molar-refractivity contribution in [1.29, 1.82) is 0 Å². The third-order valence-corrected chi connectivity index (χ3v) is 3.56. The third kappa shape index (κ3) is 3.84. The number of aromatic nitrogens is 2. The van der Waals surface area contributed by atoms with Gasteiger partial charge >= 0.3 is 0 Å². The molecule has 0 aliphatic carbocycles. The molecule has 0 spiro atoms. The van der Waals surface area contributed by atoms with Crippen LogP contribution in [0.25, 0.3) is 11.5 Å². The summed E-state index contributed by atoms with van der Waals surface area (Å²) in [5.41, 5.74) is 0.870. The average molecular weight is 291 g/mol. The Bertz CT molecular complexity index is 557. The molecule has 0 aliphatic rings. The van der Waals surface area contributed by atoms with Crippen LogP contribution < -0.4 is 5.32 Å². The maximum absolute atomic E-state index is 11.8. The fourth-order valence-electron chi connectivity index (χ4n) is 1.55. The van der Waals surface area contributed by atoms with Gasteiger partial charge in [0.15, 0.2) is 0 Å². The molecule has 1 amide bonds. The Labute approximate surface area is 122 Å². The molecule has 2 rings (SSSR count). The Morgan fingerprint density at radius 3 is 2.80 bits per heavy atom. The van der Waals surface area contributed by atoms with Gasteiger partial charge in [0.25, 0.3) is 5.22 Å². The molecule has 0 fully saturated rings. The maximum atomic E-state index is 11.8. The number of hydrogen-bond acceptors (Lipinski definition) is 5. The highest BCUT2D eigenvalue weighted by Crippen LogP contribution is 2.25. The number of thioether (sulfide) groups is 1. The van der Waals surface area contributed by atoms with Gasteiger partial charge in [-0.05, 0) is 25.5 Å². The molecule has 0 saturated heterocycles. The number of nitrogens with one attached hydrogen (secondary N) is 1. The second-order valence-electron chi connectivity index (χ2n) is 4.29. The smallest absolute Gasteiger partial charge is 0.277 e. The van der Waals surface area contributed by atoms with Crippen molar-refractivity contribution < 1.29 is 9.21 Å². The lowest BCUT2D eigenvalue weighted by Crippen LogP contribution is -2.31. The highest BCUT2D eigenvalue weighted by atomic mass is 32.2. The fraction of sp³-hybridized carbons (Fsp3) is 0.357. The molecule has 1 aromatic carbocycles. The lowest BCUT2D eigenvalue weighted by atomic mass is 10.2. The van der Waals surface area contributed by atoms with E-state index >= 15 is 0 Å². The van der Waals surface area contributed by atoms with E-state index in [1.807, 2.05) is 44.2 Å². The zero-order valence-corrected chi connectivity index (χ0v) is 12.3. The molecular weight excluding hydrogens is 274 g/mol. The summed E-state index contributed by atoms with van der Waals surface area (Å²) in [5.74, 6) is 0.450. The van der Waals surface area contributed by atoms with Gasteiger partial charge in [0, 0.05) is 12.1 Å². The van der Waals surface area contributed by atoms with Crippen molar-refractivity contribution in [3.05, 3.63) is 30.3 Å². The largest absolute Gasteiger partial charge is 0.411 e. The van der Waals surface area contributed by atoms with Crippen molar-refractivity contribution in [1.82, 2.24) is 15.5 Å². The van der Waals surface area contributed by atoms with E-state index in [-0.39, 0.29) is 11.2 Å². The monoisotopic (exact) mass is 291 g/mol. The number of nitrogens with zero attached hydrogens (tertiary/aromatic N) is 2. The van der Waals surface area contributed by atoms with E-state index in [1.165, 1.54) is 11.8 Å². The first kappa shape index (κ1) is 14.6. The topological polar surface area (TPSA) is 68.0 Å². The van der Waals surface area contributed by atoms with Crippen molar-refractivity contribution in [3.63, 3.8) is 0 Å². The zero-order valence-electron chi connectivity index (χ0n) is 11.5. The first-order chi connectivity index (χ1) is 9.70. The molecule has 2 aromatic rings. The van der Waals surface area contributed by atoms with E-state index in [0.29, 0.717) is 17.7 Å². The predicted octanol–water partition coefficient (Wildman–Crippen LogP) is 2.74. The molecule has 6 heteroatoms. The average Bonchev–Trinajstić information content (AvgIpc) is 2.94. The summed E-state index contributed by atoms with van der Waals surface area (Å²) in [5, 5.41) is 10.9. The Morgan fingerprint density at radius 1 is 1.35 bits per heavy atom. The minimum atomic E-state index is -0.259. The number of amides is 1. The zero-order chi connectivity index (χ0) is 14.4. The number of rotatable bonds is 6. The van der Waals surface area contributed by atoms with E-state index in [0.717, 1.165) is 12.0 Å². The van der Waals surface area contributed by atoms with Crippen molar-refractivity contribution in [2.24, 2.45) is 0 Å². The molecule has 1 N–H and O–H groups in total. The molecule has 0 saturated carbocycles. The molecule has 1 heterocycles. The lowest BCUT2D eigenvalue weighted by molar-refractivity contribution is -0.120. The van der Waals surface area contributed by atoms with E-state index in [1.54, 1.807) is 0 Å². The summed E-state index contributed by atoms with van der Waals surface area (Å²) in [7, 11) is 0. The Balaban J connectivity index is 1.98. The van der Waals surface area contributed by atoms with Gasteiger partial charge in [0.2, 0.25) is 11.8 Å². The first-order valence-electron chi connectivity index (χ1n) is 6.54. The Kier molecular flexibility index (Phi) is 5.17. The van der Waals surface area contributed by atoms with E-state index in [9.17, 15) is 4.79 Å². The molecule has 0 radical (unpaired) electrons. The minimum absolute atomic E-state index is 0.0173. The van der Waals surface area contributed by atoms with Crippen LogP contribution in [0.2, 0.25) is 0 Å². The summed E-state index contributed by atoms with van der Waals surface area (Å²) >= 11 is 1.27. The fourth-order valence-corrected chi connectivity index (χ4v) is 2.26. The highest BCUT2D eigenvalue weighted by Gasteiger charge is 2.18. The molecule has 20 heavy (non-hydrogen) atoms. The molecule has 1 atom stereocenters. The Hall–Kier alpha value is -1.82. The summed E-state index contributed by atoms with van der Waals surface area (Å²) in [6.07, 6.45) is 0.918. The molecule has 0 aliphatic heterocycles. The summed E-state index contributed by atoms with van der Waals surface area (Å²) in [6, 6.07) is 9.55. The van der Waals surface area contributed by atoms with Crippen LogP contribution in [0.1, 0.15) is 20.3 Å². The van der Waals surface area contributed by atoms with Gasteiger partial charge in [-0.15, -0.1) is 10.2 Å². The number of carbonyl (C=O) groups is 1. The molecule has 106 valence electrons. The summed E-state index contributed by atoms with van der Waals surface area (Å²) in [4.78, 5) is 11.8. The van der Waals surface area contributed by atoms with Crippen molar-refractivity contribution in [2.45, 2.75) is 30.7 Å². The van der Waals surface area contributed by atoms with Gasteiger partial charge in [0.1, 0.15) is 0 Å². The Morgan fingerprint density at radius 2 is 2.10 bits per heavy atom. The minimum Gasteiger partial charge on any atom is -0.411 e. The van der Waals surface area contributed by atoms with Crippen molar-refractivity contribution in [3.8, 4) is 11.5 Å². The van der Waals surface area contributed by atoms with Crippen LogP contribution in [0.15, 0.2) is 40.0 Å². The van der Waals surface area contributed by atoms with Crippen molar-refractivity contribution in [2.75, 3.05) is 6.54 Å². The quantitative estimate of drug-likeness (QED) is 0.829. The normalized spacial score (nSPS) is 12.1. The van der Waals surface area contributed by atoms with Crippen LogP contribution >= 0.6 is 11.8 Å². The number of benzene rings is 1. The summed E-state index contributed by atoms with van der Waals surface area (Å²) < 4.78 is 5.56. The number of hydrogen-bond donors (Lipinski definition) is 1. The van der Waals surface area contributed by atoms with Crippen LogP contribution in [0.4, 0.5) is 0 Å². The predicted molar refractivity (Wildman–Crippen MR) is 78.4 cm³/mol. The van der Waals surface area contributed by atoms with E-state index in [4.69, 9.17) is 4.42 Å². The van der Waals surface area contributed by atoms with Gasteiger partial charge in [-0.1, -0.05) is 36.9 Å². The van der Waals surface area contributed by atoms with Crippen LogP contribution in [-0.2, 0) is 4.79 Å². The van der Waals surface area contributed by atoms with Gasteiger partial charge < -0.3 is 9.73 Å². The van der Waals surface area contributed by atoms with Crippen LogP contribution in [-0.4, -0.2) is 27.9 Å². The van der Waals surface area contributed by atoms with Crippen LogP contribution in [0.3, 0.4) is 0 Å². The van der Waals surface area contributed by atoms with Crippen LogP contribution in [0, 0.1) is 0 Å². The van der Waals surface area contributed by atoms with Crippen molar-refractivity contribution >= 4 is 17.7 Å². The van der Waals surface area contributed by atoms with Gasteiger partial charge in [0.05, 0.1) is 5.25 Å². The molecule has 1 aromatic heterocycles. The van der Waals surface area contributed by atoms with Gasteiger partial charge in [-0.2, -0.15) is 0 Å². The lowest BCUT2D eigenvalue weighted by Gasteiger charge is -2.08. The first-order valence-corrected chi connectivity index (χ1v) is 7.42. The number of carbonyl (C=O) groups excluding carboxylic acids is 1. The van der Waals surface area contributed by atoms with E-state index < -0.39 is 0 Å². The second kappa shape index (κ2) is 7.09. The van der Waals surface area contributed by atoms with Gasteiger partial charge in [-0.25, -0.2) is 0 Å². The van der Waals surface area contributed by atoms with Gasteiger partial charge in [-0.3, -0.25) is 4.79 Å². The second-order valence-corrected chi connectivity index (χ2v) is 5.58. The SMILES string of the molecule is CCCNC(=O)[C@H](C)Sc1nnc(-c2ccccc2)o1.